The van der Waals surface area contributed by atoms with Crippen molar-refractivity contribution in [3.63, 3.8) is 0 Å². The summed E-state index contributed by atoms with van der Waals surface area (Å²) in [7, 11) is 1.29. The van der Waals surface area contributed by atoms with Gasteiger partial charge in [-0.15, -0.1) is 0 Å². The molecule has 0 heterocycles. The van der Waals surface area contributed by atoms with Crippen LogP contribution in [0.4, 0.5) is 8.78 Å². The van der Waals surface area contributed by atoms with Crippen LogP contribution in [0, 0.1) is 11.6 Å². The normalized spacial score (nSPS) is 12.6. The van der Waals surface area contributed by atoms with E-state index in [1.165, 1.54) is 13.2 Å². The third-order valence-corrected chi connectivity index (χ3v) is 2.11. The Morgan fingerprint density at radius 3 is 2.57 bits per heavy atom. The van der Waals surface area contributed by atoms with E-state index in [0.717, 1.165) is 6.07 Å². The van der Waals surface area contributed by atoms with E-state index in [9.17, 15) is 8.78 Å². The standard InChI is InChI=1S/C10H13F2NO/c1-3-8(13)6-4-7(11)10(12)9(5-6)14-2/h4-5,8H,3,13H2,1-2H3/t8-/m1/s1. The molecule has 0 radical (unpaired) electrons. The predicted octanol–water partition coefficient (Wildman–Crippen LogP) is 2.38. The molecule has 0 unspecified atom stereocenters. The van der Waals surface area contributed by atoms with Crippen LogP contribution in [0.5, 0.6) is 5.75 Å². The molecular formula is C10H13F2NO. The summed E-state index contributed by atoms with van der Waals surface area (Å²) in [5, 5.41) is 0. The first-order valence-electron chi connectivity index (χ1n) is 4.38. The van der Waals surface area contributed by atoms with Gasteiger partial charge >= 0.3 is 0 Å². The minimum absolute atomic E-state index is 0.107. The van der Waals surface area contributed by atoms with Crippen LogP contribution < -0.4 is 10.5 Å². The molecule has 1 atom stereocenters. The largest absolute Gasteiger partial charge is 0.494 e. The number of nitrogens with two attached hydrogens (primary N) is 1. The van der Waals surface area contributed by atoms with Crippen molar-refractivity contribution in [2.45, 2.75) is 19.4 Å². The Bertz CT molecular complexity index is 328. The third-order valence-electron chi connectivity index (χ3n) is 2.11. The van der Waals surface area contributed by atoms with Crippen LogP contribution in [0.25, 0.3) is 0 Å². The van der Waals surface area contributed by atoms with E-state index < -0.39 is 11.6 Å². The summed E-state index contributed by atoms with van der Waals surface area (Å²) in [5.41, 5.74) is 6.24. The van der Waals surface area contributed by atoms with Crippen molar-refractivity contribution in [2.75, 3.05) is 7.11 Å². The molecule has 4 heteroatoms. The van der Waals surface area contributed by atoms with E-state index in [0.29, 0.717) is 12.0 Å². The van der Waals surface area contributed by atoms with Crippen molar-refractivity contribution in [1.82, 2.24) is 0 Å². The molecule has 1 rings (SSSR count). The number of ether oxygens (including phenoxy) is 1. The predicted molar refractivity (Wildman–Crippen MR) is 50.1 cm³/mol. The van der Waals surface area contributed by atoms with E-state index in [1.54, 1.807) is 0 Å². The highest BCUT2D eigenvalue weighted by molar-refractivity contribution is 5.33. The van der Waals surface area contributed by atoms with Crippen molar-refractivity contribution in [1.29, 1.82) is 0 Å². The zero-order valence-electron chi connectivity index (χ0n) is 8.18. The molecule has 1 aromatic carbocycles. The van der Waals surface area contributed by atoms with Crippen LogP contribution in [0.2, 0.25) is 0 Å². The van der Waals surface area contributed by atoms with Gasteiger partial charge in [0.2, 0.25) is 5.82 Å². The monoisotopic (exact) mass is 201 g/mol. The maximum atomic E-state index is 13.0. The number of rotatable bonds is 3. The first kappa shape index (κ1) is 10.9. The Hall–Kier alpha value is -1.16. The van der Waals surface area contributed by atoms with Gasteiger partial charge in [-0.05, 0) is 24.1 Å². The number of benzene rings is 1. The average Bonchev–Trinajstić information content (AvgIpc) is 2.20. The number of hydrogen-bond donors (Lipinski definition) is 1. The fourth-order valence-corrected chi connectivity index (χ4v) is 1.18. The Balaban J connectivity index is 3.16. The first-order valence-corrected chi connectivity index (χ1v) is 4.38. The van der Waals surface area contributed by atoms with Gasteiger partial charge in [-0.1, -0.05) is 6.92 Å². The SMILES string of the molecule is CC[C@@H](N)c1cc(F)c(F)c(OC)c1. The average molecular weight is 201 g/mol. The first-order chi connectivity index (χ1) is 6.60. The molecule has 0 saturated heterocycles. The summed E-state index contributed by atoms with van der Waals surface area (Å²) >= 11 is 0. The number of hydrogen-bond acceptors (Lipinski definition) is 2. The maximum Gasteiger partial charge on any atom is 0.200 e. The van der Waals surface area contributed by atoms with Crippen molar-refractivity contribution in [2.24, 2.45) is 5.73 Å². The van der Waals surface area contributed by atoms with Gasteiger partial charge in [0.1, 0.15) is 0 Å². The summed E-state index contributed by atoms with van der Waals surface area (Å²) in [4.78, 5) is 0. The Morgan fingerprint density at radius 2 is 2.07 bits per heavy atom. The highest BCUT2D eigenvalue weighted by atomic mass is 19.2. The third kappa shape index (κ3) is 2.01. The fourth-order valence-electron chi connectivity index (χ4n) is 1.18. The van der Waals surface area contributed by atoms with Gasteiger partial charge in [0, 0.05) is 6.04 Å². The van der Waals surface area contributed by atoms with E-state index in [2.05, 4.69) is 0 Å². The molecule has 1 aromatic rings. The molecule has 0 aliphatic rings. The van der Waals surface area contributed by atoms with Crippen molar-refractivity contribution in [3.05, 3.63) is 29.3 Å². The zero-order chi connectivity index (χ0) is 10.7. The van der Waals surface area contributed by atoms with Crippen LogP contribution in [-0.2, 0) is 0 Å². The minimum atomic E-state index is -0.973. The summed E-state index contributed by atoms with van der Waals surface area (Å²) in [5.74, 6) is -2.01. The molecule has 0 aliphatic carbocycles. The lowest BCUT2D eigenvalue weighted by Crippen LogP contribution is -2.09. The molecule has 78 valence electrons. The quantitative estimate of drug-likeness (QED) is 0.814. The Morgan fingerprint density at radius 1 is 1.43 bits per heavy atom. The van der Waals surface area contributed by atoms with Crippen LogP contribution in [0.1, 0.15) is 24.9 Å². The molecule has 2 N–H and O–H groups in total. The zero-order valence-corrected chi connectivity index (χ0v) is 8.18. The Labute approximate surface area is 81.7 Å². The molecule has 0 spiro atoms. The summed E-state index contributed by atoms with van der Waals surface area (Å²) in [6.07, 6.45) is 0.661. The maximum absolute atomic E-state index is 13.0. The number of halogens is 2. The van der Waals surface area contributed by atoms with E-state index in [1.807, 2.05) is 6.92 Å². The van der Waals surface area contributed by atoms with E-state index in [4.69, 9.17) is 10.5 Å². The molecule has 0 saturated carbocycles. The lowest BCUT2D eigenvalue weighted by Gasteiger charge is -2.11. The van der Waals surface area contributed by atoms with Gasteiger partial charge in [0.15, 0.2) is 11.6 Å². The van der Waals surface area contributed by atoms with Crippen molar-refractivity contribution < 1.29 is 13.5 Å². The fraction of sp³-hybridized carbons (Fsp3) is 0.400. The Kier molecular flexibility index (Phi) is 3.41. The van der Waals surface area contributed by atoms with Crippen LogP contribution >= 0.6 is 0 Å². The molecular weight excluding hydrogens is 188 g/mol. The van der Waals surface area contributed by atoms with E-state index in [-0.39, 0.29) is 11.8 Å². The minimum Gasteiger partial charge on any atom is -0.494 e. The second-order valence-electron chi connectivity index (χ2n) is 3.03. The van der Waals surface area contributed by atoms with Gasteiger partial charge in [-0.2, -0.15) is 4.39 Å². The van der Waals surface area contributed by atoms with Gasteiger partial charge in [-0.3, -0.25) is 0 Å². The van der Waals surface area contributed by atoms with Gasteiger partial charge < -0.3 is 10.5 Å². The van der Waals surface area contributed by atoms with Crippen LogP contribution in [0.15, 0.2) is 12.1 Å². The highest BCUT2D eigenvalue weighted by Gasteiger charge is 2.13. The topological polar surface area (TPSA) is 35.2 Å². The van der Waals surface area contributed by atoms with Crippen LogP contribution in [-0.4, -0.2) is 7.11 Å². The van der Waals surface area contributed by atoms with Gasteiger partial charge in [-0.25, -0.2) is 4.39 Å². The smallest absolute Gasteiger partial charge is 0.200 e. The number of methoxy groups -OCH3 is 1. The molecule has 14 heavy (non-hydrogen) atoms. The molecule has 0 amide bonds. The molecule has 0 bridgehead atoms. The second kappa shape index (κ2) is 4.37. The lowest BCUT2D eigenvalue weighted by atomic mass is 10.0. The summed E-state index contributed by atoms with van der Waals surface area (Å²) in [6.45, 7) is 1.87. The highest BCUT2D eigenvalue weighted by Crippen LogP contribution is 2.25. The molecule has 2 nitrogen and oxygen atoms in total. The van der Waals surface area contributed by atoms with Crippen molar-refractivity contribution in [3.8, 4) is 5.75 Å². The lowest BCUT2D eigenvalue weighted by molar-refractivity contribution is 0.370. The van der Waals surface area contributed by atoms with Crippen LogP contribution in [0.3, 0.4) is 0 Å². The molecule has 0 fully saturated rings. The summed E-state index contributed by atoms with van der Waals surface area (Å²) < 4.78 is 30.7. The molecule has 0 aromatic heterocycles. The van der Waals surface area contributed by atoms with Gasteiger partial charge in [0.05, 0.1) is 7.11 Å². The molecule has 0 aliphatic heterocycles. The van der Waals surface area contributed by atoms with Gasteiger partial charge in [0.25, 0.3) is 0 Å². The summed E-state index contributed by atoms with van der Waals surface area (Å²) in [6, 6.07) is 2.23. The second-order valence-corrected chi connectivity index (χ2v) is 3.03. The van der Waals surface area contributed by atoms with Crippen molar-refractivity contribution >= 4 is 0 Å². The van der Waals surface area contributed by atoms with E-state index >= 15 is 0 Å².